The van der Waals surface area contributed by atoms with Crippen LogP contribution in [-0.4, -0.2) is 37.0 Å². The lowest BCUT2D eigenvalue weighted by atomic mass is 9.90. The van der Waals surface area contributed by atoms with Crippen molar-refractivity contribution < 1.29 is 4.79 Å². The Bertz CT molecular complexity index is 466. The number of carbonyl (C=O) groups excluding carboxylic acids is 1. The van der Waals surface area contributed by atoms with Gasteiger partial charge in [-0.05, 0) is 62.3 Å². The predicted molar refractivity (Wildman–Crippen MR) is 88.3 cm³/mol. The molecule has 0 saturated carbocycles. The summed E-state index contributed by atoms with van der Waals surface area (Å²) in [4.78, 5) is 14.6. The van der Waals surface area contributed by atoms with Gasteiger partial charge in [0.05, 0.1) is 0 Å². The molecule has 1 aromatic rings. The molecule has 0 bridgehead atoms. The van der Waals surface area contributed by atoms with E-state index in [0.717, 1.165) is 44.6 Å². The smallest absolute Gasteiger partial charge is 0.253 e. The minimum Gasteiger partial charge on any atom is -0.339 e. The molecule has 4 heteroatoms. The van der Waals surface area contributed by atoms with Crippen LogP contribution in [0, 0.1) is 0 Å². The van der Waals surface area contributed by atoms with E-state index in [9.17, 15) is 4.79 Å². The molecule has 3 nitrogen and oxygen atoms in total. The second-order valence-electron chi connectivity index (χ2n) is 6.02. The van der Waals surface area contributed by atoms with Gasteiger partial charge in [-0.15, -0.1) is 12.4 Å². The Morgan fingerprint density at radius 1 is 1.14 bits per heavy atom. The summed E-state index contributed by atoms with van der Waals surface area (Å²) < 4.78 is 0. The highest BCUT2D eigenvalue weighted by Crippen LogP contribution is 2.24. The SMILES string of the molecule is Cl.O=C(c1cccc(C2CCCNC2)c1)N1CCCCC1. The highest BCUT2D eigenvalue weighted by atomic mass is 35.5. The van der Waals surface area contributed by atoms with Crippen molar-refractivity contribution in [2.24, 2.45) is 0 Å². The number of rotatable bonds is 2. The van der Waals surface area contributed by atoms with E-state index in [0.29, 0.717) is 5.92 Å². The monoisotopic (exact) mass is 308 g/mol. The summed E-state index contributed by atoms with van der Waals surface area (Å²) in [5, 5.41) is 3.45. The fourth-order valence-electron chi connectivity index (χ4n) is 3.34. The second-order valence-corrected chi connectivity index (χ2v) is 6.02. The number of benzene rings is 1. The first-order valence-corrected chi connectivity index (χ1v) is 7.94. The fourth-order valence-corrected chi connectivity index (χ4v) is 3.34. The van der Waals surface area contributed by atoms with Crippen molar-refractivity contribution in [2.75, 3.05) is 26.2 Å². The molecule has 0 aliphatic carbocycles. The molecule has 3 rings (SSSR count). The van der Waals surface area contributed by atoms with Crippen molar-refractivity contribution in [3.8, 4) is 0 Å². The van der Waals surface area contributed by atoms with E-state index in [1.165, 1.54) is 24.8 Å². The summed E-state index contributed by atoms with van der Waals surface area (Å²) in [5.74, 6) is 0.785. The molecule has 2 fully saturated rings. The molecule has 1 unspecified atom stereocenters. The first-order chi connectivity index (χ1) is 9.84. The lowest BCUT2D eigenvalue weighted by Crippen LogP contribution is -2.35. The third-order valence-corrected chi connectivity index (χ3v) is 4.55. The molecule has 1 atom stereocenters. The zero-order valence-electron chi connectivity index (χ0n) is 12.5. The van der Waals surface area contributed by atoms with Crippen molar-refractivity contribution in [3.05, 3.63) is 35.4 Å². The number of piperidine rings is 2. The van der Waals surface area contributed by atoms with Gasteiger partial charge in [-0.3, -0.25) is 4.79 Å². The molecular formula is C17H25ClN2O. The molecule has 0 radical (unpaired) electrons. The van der Waals surface area contributed by atoms with Crippen LogP contribution in [0.1, 0.15) is 53.9 Å². The average molecular weight is 309 g/mol. The van der Waals surface area contributed by atoms with Crippen LogP contribution in [0.4, 0.5) is 0 Å². The normalized spacial score (nSPS) is 22.5. The minimum atomic E-state index is 0. The van der Waals surface area contributed by atoms with Crippen molar-refractivity contribution in [3.63, 3.8) is 0 Å². The van der Waals surface area contributed by atoms with Gasteiger partial charge in [-0.25, -0.2) is 0 Å². The molecular weight excluding hydrogens is 284 g/mol. The lowest BCUT2D eigenvalue weighted by molar-refractivity contribution is 0.0724. The summed E-state index contributed by atoms with van der Waals surface area (Å²) in [6, 6.07) is 8.30. The van der Waals surface area contributed by atoms with E-state index in [-0.39, 0.29) is 18.3 Å². The zero-order valence-corrected chi connectivity index (χ0v) is 13.3. The van der Waals surface area contributed by atoms with Gasteiger partial charge in [0.25, 0.3) is 5.91 Å². The van der Waals surface area contributed by atoms with E-state index in [2.05, 4.69) is 17.4 Å². The molecule has 2 aliphatic heterocycles. The number of halogens is 1. The molecule has 116 valence electrons. The van der Waals surface area contributed by atoms with Gasteiger partial charge >= 0.3 is 0 Å². The van der Waals surface area contributed by atoms with E-state index in [1.807, 2.05) is 17.0 Å². The zero-order chi connectivity index (χ0) is 13.8. The van der Waals surface area contributed by atoms with Gasteiger partial charge in [0, 0.05) is 25.2 Å². The Kier molecular flexibility index (Phi) is 6.07. The Morgan fingerprint density at radius 3 is 2.67 bits per heavy atom. The Hall–Kier alpha value is -1.06. The van der Waals surface area contributed by atoms with Crippen LogP contribution in [0.3, 0.4) is 0 Å². The summed E-state index contributed by atoms with van der Waals surface area (Å²) in [6.07, 6.45) is 6.02. The third-order valence-electron chi connectivity index (χ3n) is 4.55. The standard InChI is InChI=1S/C17H24N2O.ClH/c20-17(19-10-2-1-3-11-19)15-7-4-6-14(12-15)16-8-5-9-18-13-16;/h4,6-7,12,16,18H,1-3,5,8-11,13H2;1H. The van der Waals surface area contributed by atoms with E-state index >= 15 is 0 Å². The molecule has 0 spiro atoms. The molecule has 1 aromatic carbocycles. The molecule has 2 saturated heterocycles. The first-order valence-electron chi connectivity index (χ1n) is 7.94. The Morgan fingerprint density at radius 2 is 1.95 bits per heavy atom. The molecule has 2 aliphatic rings. The largest absolute Gasteiger partial charge is 0.339 e. The second kappa shape index (κ2) is 7.81. The van der Waals surface area contributed by atoms with Gasteiger partial charge in [0.2, 0.25) is 0 Å². The highest BCUT2D eigenvalue weighted by Gasteiger charge is 2.20. The quantitative estimate of drug-likeness (QED) is 0.910. The molecule has 1 N–H and O–H groups in total. The number of hydrogen-bond acceptors (Lipinski definition) is 2. The van der Waals surface area contributed by atoms with Gasteiger partial charge in [0.1, 0.15) is 0 Å². The number of hydrogen-bond donors (Lipinski definition) is 1. The van der Waals surface area contributed by atoms with Crippen LogP contribution < -0.4 is 5.32 Å². The van der Waals surface area contributed by atoms with Gasteiger partial charge in [0.15, 0.2) is 0 Å². The maximum absolute atomic E-state index is 12.5. The molecule has 21 heavy (non-hydrogen) atoms. The van der Waals surface area contributed by atoms with E-state index in [4.69, 9.17) is 0 Å². The minimum absolute atomic E-state index is 0. The summed E-state index contributed by atoms with van der Waals surface area (Å²) in [7, 11) is 0. The van der Waals surface area contributed by atoms with Crippen LogP contribution in [0.25, 0.3) is 0 Å². The van der Waals surface area contributed by atoms with Crippen LogP contribution in [0.5, 0.6) is 0 Å². The van der Waals surface area contributed by atoms with Crippen molar-refractivity contribution in [2.45, 2.75) is 38.0 Å². The summed E-state index contributed by atoms with van der Waals surface area (Å²) in [5.41, 5.74) is 2.19. The maximum Gasteiger partial charge on any atom is 0.253 e. The predicted octanol–water partition coefficient (Wildman–Crippen LogP) is 3.20. The maximum atomic E-state index is 12.5. The highest BCUT2D eigenvalue weighted by molar-refractivity contribution is 5.94. The summed E-state index contributed by atoms with van der Waals surface area (Å²) >= 11 is 0. The van der Waals surface area contributed by atoms with Gasteiger partial charge < -0.3 is 10.2 Å². The molecule has 0 aromatic heterocycles. The van der Waals surface area contributed by atoms with Crippen LogP contribution in [-0.2, 0) is 0 Å². The van der Waals surface area contributed by atoms with Crippen LogP contribution in [0.2, 0.25) is 0 Å². The number of carbonyl (C=O) groups is 1. The van der Waals surface area contributed by atoms with Crippen molar-refractivity contribution in [1.82, 2.24) is 10.2 Å². The van der Waals surface area contributed by atoms with E-state index < -0.39 is 0 Å². The summed E-state index contributed by atoms with van der Waals surface area (Å²) in [6.45, 7) is 4.02. The molecule has 1 amide bonds. The Labute approximate surface area is 133 Å². The number of nitrogens with zero attached hydrogens (tertiary/aromatic N) is 1. The van der Waals surface area contributed by atoms with Crippen molar-refractivity contribution >= 4 is 18.3 Å². The third kappa shape index (κ3) is 3.98. The van der Waals surface area contributed by atoms with Gasteiger partial charge in [-0.1, -0.05) is 12.1 Å². The van der Waals surface area contributed by atoms with E-state index in [1.54, 1.807) is 0 Å². The van der Waals surface area contributed by atoms with Crippen LogP contribution in [0.15, 0.2) is 24.3 Å². The fraction of sp³-hybridized carbons (Fsp3) is 0.588. The van der Waals surface area contributed by atoms with Crippen LogP contribution >= 0.6 is 12.4 Å². The van der Waals surface area contributed by atoms with Crippen molar-refractivity contribution in [1.29, 1.82) is 0 Å². The average Bonchev–Trinajstić information content (AvgIpc) is 2.56. The van der Waals surface area contributed by atoms with Gasteiger partial charge in [-0.2, -0.15) is 0 Å². The number of amides is 1. The molecule has 2 heterocycles. The first kappa shape index (κ1) is 16.3. The Balaban J connectivity index is 0.00000161. The number of likely N-dealkylation sites (tertiary alicyclic amines) is 1. The topological polar surface area (TPSA) is 32.3 Å². The lowest BCUT2D eigenvalue weighted by Gasteiger charge is -2.27. The number of nitrogens with one attached hydrogen (secondary N) is 1.